The Labute approximate surface area is 82.8 Å². The molecule has 0 unspecified atom stereocenters. The van der Waals surface area contributed by atoms with E-state index in [0.29, 0.717) is 5.75 Å². The van der Waals surface area contributed by atoms with E-state index in [-0.39, 0.29) is 6.04 Å². The first kappa shape index (κ1) is 10.5. The maximum Gasteiger partial charge on any atom is 0.409 e. The lowest BCUT2D eigenvalue weighted by Crippen LogP contribution is -2.18. The standard InChI is InChI=1S/C10H14N2O2/c1-7(11)6-8-2-4-9(5-3-8)14-10(12)13/h2-5,7H,6,11H2,1H3,(H2,12,13)/t7-/m1/s1. The van der Waals surface area contributed by atoms with Gasteiger partial charge in [-0.2, -0.15) is 0 Å². The molecule has 1 atom stereocenters. The van der Waals surface area contributed by atoms with Crippen molar-refractivity contribution in [2.24, 2.45) is 11.5 Å². The predicted octanol–water partition coefficient (Wildman–Crippen LogP) is 1.03. The van der Waals surface area contributed by atoms with E-state index in [1.807, 2.05) is 19.1 Å². The van der Waals surface area contributed by atoms with Crippen LogP contribution in [0.25, 0.3) is 0 Å². The lowest BCUT2D eigenvalue weighted by Gasteiger charge is -2.05. The topological polar surface area (TPSA) is 78.3 Å². The zero-order valence-corrected chi connectivity index (χ0v) is 8.07. The first-order chi connectivity index (χ1) is 6.58. The average Bonchev–Trinajstić information content (AvgIpc) is 2.06. The highest BCUT2D eigenvalue weighted by molar-refractivity contribution is 5.67. The largest absolute Gasteiger partial charge is 0.411 e. The number of carbonyl (C=O) groups is 1. The monoisotopic (exact) mass is 194 g/mol. The molecule has 14 heavy (non-hydrogen) atoms. The van der Waals surface area contributed by atoms with Crippen LogP contribution in [0.3, 0.4) is 0 Å². The molecule has 0 saturated carbocycles. The number of hydrogen-bond donors (Lipinski definition) is 2. The number of rotatable bonds is 3. The summed E-state index contributed by atoms with van der Waals surface area (Å²) in [6, 6.07) is 7.24. The van der Waals surface area contributed by atoms with Crippen molar-refractivity contribution in [2.45, 2.75) is 19.4 Å². The number of ether oxygens (including phenoxy) is 1. The van der Waals surface area contributed by atoms with Gasteiger partial charge in [-0.15, -0.1) is 0 Å². The molecule has 4 N–H and O–H groups in total. The van der Waals surface area contributed by atoms with E-state index in [1.165, 1.54) is 0 Å². The number of carbonyl (C=O) groups excluding carboxylic acids is 1. The first-order valence-corrected chi connectivity index (χ1v) is 4.39. The van der Waals surface area contributed by atoms with Crippen molar-refractivity contribution in [3.05, 3.63) is 29.8 Å². The molecule has 1 aromatic carbocycles. The van der Waals surface area contributed by atoms with Crippen LogP contribution >= 0.6 is 0 Å². The third-order valence-corrected chi connectivity index (χ3v) is 1.70. The molecule has 1 rings (SSSR count). The lowest BCUT2D eigenvalue weighted by molar-refractivity contribution is 0.211. The highest BCUT2D eigenvalue weighted by atomic mass is 16.5. The number of benzene rings is 1. The highest BCUT2D eigenvalue weighted by Crippen LogP contribution is 2.12. The third kappa shape index (κ3) is 3.45. The fraction of sp³-hybridized carbons (Fsp3) is 0.300. The van der Waals surface area contributed by atoms with Crippen LogP contribution in [0.4, 0.5) is 4.79 Å². The molecule has 76 valence electrons. The highest BCUT2D eigenvalue weighted by Gasteiger charge is 2.00. The van der Waals surface area contributed by atoms with Gasteiger partial charge in [0, 0.05) is 6.04 Å². The Morgan fingerprint density at radius 2 is 2.00 bits per heavy atom. The number of hydrogen-bond acceptors (Lipinski definition) is 3. The minimum absolute atomic E-state index is 0.123. The van der Waals surface area contributed by atoms with Gasteiger partial charge in [-0.3, -0.25) is 0 Å². The molecular weight excluding hydrogens is 180 g/mol. The summed E-state index contributed by atoms with van der Waals surface area (Å²) >= 11 is 0. The molecule has 4 nitrogen and oxygen atoms in total. The van der Waals surface area contributed by atoms with Gasteiger partial charge < -0.3 is 16.2 Å². The Morgan fingerprint density at radius 3 is 2.43 bits per heavy atom. The second-order valence-electron chi connectivity index (χ2n) is 3.25. The van der Waals surface area contributed by atoms with Gasteiger partial charge in [0.25, 0.3) is 0 Å². The average molecular weight is 194 g/mol. The van der Waals surface area contributed by atoms with E-state index in [4.69, 9.17) is 11.5 Å². The van der Waals surface area contributed by atoms with Crippen molar-refractivity contribution in [1.29, 1.82) is 0 Å². The number of nitrogens with two attached hydrogens (primary N) is 2. The van der Waals surface area contributed by atoms with Crippen molar-refractivity contribution < 1.29 is 9.53 Å². The Morgan fingerprint density at radius 1 is 1.43 bits per heavy atom. The Balaban J connectivity index is 2.63. The minimum Gasteiger partial charge on any atom is -0.411 e. The minimum atomic E-state index is -0.801. The molecule has 0 heterocycles. The fourth-order valence-electron chi connectivity index (χ4n) is 1.18. The van der Waals surface area contributed by atoms with Crippen molar-refractivity contribution in [3.63, 3.8) is 0 Å². The molecule has 0 aliphatic rings. The summed E-state index contributed by atoms with van der Waals surface area (Å²) in [6.45, 7) is 1.94. The van der Waals surface area contributed by atoms with Crippen molar-refractivity contribution in [2.75, 3.05) is 0 Å². The SMILES string of the molecule is C[C@@H](N)Cc1ccc(OC(N)=O)cc1. The Kier molecular flexibility index (Phi) is 3.48. The van der Waals surface area contributed by atoms with Gasteiger partial charge >= 0.3 is 6.09 Å². The summed E-state index contributed by atoms with van der Waals surface area (Å²) in [5.41, 5.74) is 11.6. The number of primary amides is 1. The van der Waals surface area contributed by atoms with Gasteiger partial charge in [-0.25, -0.2) is 4.79 Å². The second kappa shape index (κ2) is 4.62. The van der Waals surface area contributed by atoms with Crippen LogP contribution in [0.15, 0.2) is 24.3 Å². The molecule has 0 saturated heterocycles. The molecule has 0 fully saturated rings. The van der Waals surface area contributed by atoms with Crippen molar-refractivity contribution in [1.82, 2.24) is 0 Å². The van der Waals surface area contributed by atoms with Crippen molar-refractivity contribution in [3.8, 4) is 5.75 Å². The quantitative estimate of drug-likeness (QED) is 0.754. The molecule has 0 bridgehead atoms. The fourth-order valence-corrected chi connectivity index (χ4v) is 1.18. The van der Waals surface area contributed by atoms with E-state index in [1.54, 1.807) is 12.1 Å². The molecule has 0 radical (unpaired) electrons. The Hall–Kier alpha value is -1.55. The molecule has 1 aromatic rings. The summed E-state index contributed by atoms with van der Waals surface area (Å²) in [5, 5.41) is 0. The van der Waals surface area contributed by atoms with Crippen LogP contribution in [0.1, 0.15) is 12.5 Å². The summed E-state index contributed by atoms with van der Waals surface area (Å²) in [6.07, 6.45) is 0.00145. The van der Waals surface area contributed by atoms with Gasteiger partial charge in [0.15, 0.2) is 0 Å². The van der Waals surface area contributed by atoms with E-state index < -0.39 is 6.09 Å². The maximum absolute atomic E-state index is 10.4. The van der Waals surface area contributed by atoms with Crippen LogP contribution in [-0.2, 0) is 6.42 Å². The van der Waals surface area contributed by atoms with Gasteiger partial charge in [0.1, 0.15) is 5.75 Å². The zero-order valence-electron chi connectivity index (χ0n) is 8.07. The van der Waals surface area contributed by atoms with E-state index >= 15 is 0 Å². The van der Waals surface area contributed by atoms with Gasteiger partial charge in [-0.05, 0) is 31.0 Å². The third-order valence-electron chi connectivity index (χ3n) is 1.70. The van der Waals surface area contributed by atoms with Crippen molar-refractivity contribution >= 4 is 6.09 Å². The predicted molar refractivity (Wildman–Crippen MR) is 54.0 cm³/mol. The second-order valence-corrected chi connectivity index (χ2v) is 3.25. The molecule has 4 heteroatoms. The molecule has 0 spiro atoms. The number of amides is 1. The van der Waals surface area contributed by atoms with Crippen LogP contribution in [0, 0.1) is 0 Å². The first-order valence-electron chi connectivity index (χ1n) is 4.39. The summed E-state index contributed by atoms with van der Waals surface area (Å²) in [5.74, 6) is 0.450. The van der Waals surface area contributed by atoms with E-state index in [9.17, 15) is 4.79 Å². The molecule has 0 aliphatic carbocycles. The van der Waals surface area contributed by atoms with Crippen LogP contribution < -0.4 is 16.2 Å². The summed E-state index contributed by atoms with van der Waals surface area (Å²) in [7, 11) is 0. The lowest BCUT2D eigenvalue weighted by atomic mass is 10.1. The summed E-state index contributed by atoms with van der Waals surface area (Å²) in [4.78, 5) is 10.4. The van der Waals surface area contributed by atoms with E-state index in [2.05, 4.69) is 4.74 Å². The van der Waals surface area contributed by atoms with E-state index in [0.717, 1.165) is 12.0 Å². The normalized spacial score (nSPS) is 12.1. The molecule has 0 aromatic heterocycles. The smallest absolute Gasteiger partial charge is 0.409 e. The van der Waals surface area contributed by atoms with Crippen LogP contribution in [-0.4, -0.2) is 12.1 Å². The van der Waals surface area contributed by atoms with Gasteiger partial charge in [0.2, 0.25) is 0 Å². The Bertz CT molecular complexity index is 306. The van der Waals surface area contributed by atoms with Gasteiger partial charge in [0.05, 0.1) is 0 Å². The zero-order chi connectivity index (χ0) is 10.6. The molecule has 1 amide bonds. The molecular formula is C10H14N2O2. The molecule has 0 aliphatic heterocycles. The van der Waals surface area contributed by atoms with Gasteiger partial charge in [-0.1, -0.05) is 12.1 Å². The maximum atomic E-state index is 10.4. The summed E-state index contributed by atoms with van der Waals surface area (Å²) < 4.78 is 4.68. The van der Waals surface area contributed by atoms with Crippen LogP contribution in [0.2, 0.25) is 0 Å². The van der Waals surface area contributed by atoms with Crippen LogP contribution in [0.5, 0.6) is 5.75 Å².